The maximum atomic E-state index is 13.5. The summed E-state index contributed by atoms with van der Waals surface area (Å²) < 4.78 is 9.54. The Morgan fingerprint density at radius 1 is 0.909 bits per heavy atom. The lowest BCUT2D eigenvalue weighted by Crippen LogP contribution is -2.50. The number of likely N-dealkylation sites (tertiary alicyclic amines) is 2. The van der Waals surface area contributed by atoms with E-state index in [4.69, 9.17) is 19.8 Å². The molecule has 1 aromatic carbocycles. The standard InChI is InChI=1S/C49H58N12O5/c1-4-49(48(65)54-32(2)3)17-23-58(24-18-49)42-11-7-35(26-51-42)45-46-36(25-50)27-53-61(46)30-40(55-45)37-28-52-60(29-37)38-15-21-59(22-16-38)44(63)31-57-19-13-34(14-20-57)33-5-8-39(9-6-33)66-41-10-12-43(62)56-47(41)64/h5-9,11,26-30,32,34,38,41H,4,10,12-24,31H2,1-3H3,(H,54,65)(H,56,62,64). The number of fused-ring (bicyclic) bond motifs is 1. The molecule has 4 saturated heterocycles. The molecule has 4 amide bonds. The van der Waals surface area contributed by atoms with Gasteiger partial charge in [-0.2, -0.15) is 15.5 Å². The molecule has 4 aromatic heterocycles. The molecular formula is C49H58N12O5. The molecule has 8 heterocycles. The molecule has 4 aliphatic rings. The van der Waals surface area contributed by atoms with Gasteiger partial charge in [0.05, 0.1) is 48.0 Å². The second-order valence-corrected chi connectivity index (χ2v) is 18.6. The van der Waals surface area contributed by atoms with Crippen molar-refractivity contribution in [1.82, 2.24) is 49.8 Å². The third kappa shape index (κ3) is 9.37. The number of anilines is 1. The first-order valence-electron chi connectivity index (χ1n) is 23.4. The van der Waals surface area contributed by atoms with Gasteiger partial charge in [-0.1, -0.05) is 19.1 Å². The Morgan fingerprint density at radius 2 is 1.67 bits per heavy atom. The van der Waals surface area contributed by atoms with Crippen LogP contribution in [-0.2, 0) is 19.2 Å². The van der Waals surface area contributed by atoms with Crippen molar-refractivity contribution < 1.29 is 23.9 Å². The summed E-state index contributed by atoms with van der Waals surface area (Å²) in [6.45, 7) is 11.0. The van der Waals surface area contributed by atoms with E-state index in [9.17, 15) is 24.4 Å². The molecule has 9 rings (SSSR count). The number of hydrogen-bond acceptors (Lipinski definition) is 12. The number of pyridine rings is 1. The summed E-state index contributed by atoms with van der Waals surface area (Å²) in [5.74, 6) is 1.49. The molecular weight excluding hydrogens is 837 g/mol. The molecule has 4 aliphatic heterocycles. The lowest BCUT2D eigenvalue weighted by atomic mass is 9.75. The highest BCUT2D eigenvalue weighted by Gasteiger charge is 2.40. The Bertz CT molecular complexity index is 2610. The van der Waals surface area contributed by atoms with E-state index in [-0.39, 0.29) is 47.5 Å². The fraction of sp³-hybridized carbons (Fsp3) is 0.490. The first kappa shape index (κ1) is 44.5. The van der Waals surface area contributed by atoms with Gasteiger partial charge < -0.3 is 19.9 Å². The normalized spacial score (nSPS) is 19.8. The van der Waals surface area contributed by atoms with E-state index >= 15 is 0 Å². The summed E-state index contributed by atoms with van der Waals surface area (Å²) in [5.41, 5.74) is 4.74. The summed E-state index contributed by atoms with van der Waals surface area (Å²) in [5, 5.41) is 24.7. The van der Waals surface area contributed by atoms with Gasteiger partial charge in [-0.3, -0.25) is 34.1 Å². The van der Waals surface area contributed by atoms with Gasteiger partial charge in [0.1, 0.15) is 28.7 Å². The van der Waals surface area contributed by atoms with Gasteiger partial charge in [-0.15, -0.1) is 0 Å². The van der Waals surface area contributed by atoms with Crippen LogP contribution in [0.25, 0.3) is 28.0 Å². The van der Waals surface area contributed by atoms with E-state index in [0.29, 0.717) is 60.2 Å². The molecule has 1 unspecified atom stereocenters. The summed E-state index contributed by atoms with van der Waals surface area (Å²) in [4.78, 5) is 66.6. The second-order valence-electron chi connectivity index (χ2n) is 18.6. The van der Waals surface area contributed by atoms with Crippen LogP contribution in [0.5, 0.6) is 5.75 Å². The predicted molar refractivity (Wildman–Crippen MR) is 246 cm³/mol. The molecule has 0 spiro atoms. The minimum atomic E-state index is -0.654. The third-order valence-corrected chi connectivity index (χ3v) is 14.1. The number of amides is 4. The van der Waals surface area contributed by atoms with Crippen LogP contribution in [0.4, 0.5) is 5.82 Å². The Labute approximate surface area is 384 Å². The molecule has 5 aromatic rings. The first-order valence-corrected chi connectivity index (χ1v) is 23.4. The molecule has 0 bridgehead atoms. The van der Waals surface area contributed by atoms with Crippen molar-refractivity contribution in [3.8, 4) is 34.3 Å². The number of piperidine rings is 4. The molecule has 4 fully saturated rings. The largest absolute Gasteiger partial charge is 0.481 e. The number of nitriles is 1. The average Bonchev–Trinajstić information content (AvgIpc) is 4.01. The number of nitrogens with zero attached hydrogens (tertiary/aromatic N) is 10. The minimum Gasteiger partial charge on any atom is -0.481 e. The molecule has 344 valence electrons. The third-order valence-electron chi connectivity index (χ3n) is 14.1. The van der Waals surface area contributed by atoms with Crippen molar-refractivity contribution in [2.45, 2.75) is 103 Å². The van der Waals surface area contributed by atoms with Crippen LogP contribution in [0, 0.1) is 16.7 Å². The van der Waals surface area contributed by atoms with Crippen molar-refractivity contribution in [1.29, 1.82) is 5.26 Å². The zero-order chi connectivity index (χ0) is 46.0. The molecule has 0 saturated carbocycles. The average molecular weight is 895 g/mol. The zero-order valence-electron chi connectivity index (χ0n) is 38.0. The maximum Gasteiger partial charge on any atom is 0.267 e. The van der Waals surface area contributed by atoms with E-state index in [2.05, 4.69) is 50.7 Å². The summed E-state index contributed by atoms with van der Waals surface area (Å²) >= 11 is 0. The topological polar surface area (TPSA) is 196 Å². The van der Waals surface area contributed by atoms with Crippen LogP contribution in [0.2, 0.25) is 0 Å². The van der Waals surface area contributed by atoms with E-state index in [1.165, 1.54) is 5.56 Å². The van der Waals surface area contributed by atoms with E-state index in [1.54, 1.807) is 16.9 Å². The maximum absolute atomic E-state index is 13.5. The second kappa shape index (κ2) is 19.0. The van der Waals surface area contributed by atoms with Crippen LogP contribution in [0.1, 0.15) is 102 Å². The number of hydrogen-bond donors (Lipinski definition) is 2. The van der Waals surface area contributed by atoms with Crippen LogP contribution in [-0.4, -0.2) is 121 Å². The number of imide groups is 1. The Kier molecular flexibility index (Phi) is 12.8. The smallest absolute Gasteiger partial charge is 0.267 e. The number of rotatable bonds is 12. The molecule has 0 aliphatic carbocycles. The molecule has 1 atom stereocenters. The molecule has 17 heteroatoms. The zero-order valence-corrected chi connectivity index (χ0v) is 38.0. The fourth-order valence-corrected chi connectivity index (χ4v) is 10.0. The summed E-state index contributed by atoms with van der Waals surface area (Å²) in [7, 11) is 0. The van der Waals surface area contributed by atoms with E-state index in [0.717, 1.165) is 88.1 Å². The number of carbonyl (C=O) groups excluding carboxylic acids is 4. The van der Waals surface area contributed by atoms with Crippen LogP contribution >= 0.6 is 0 Å². The van der Waals surface area contributed by atoms with Gasteiger partial charge in [0.25, 0.3) is 5.91 Å². The van der Waals surface area contributed by atoms with Gasteiger partial charge in [0, 0.05) is 68.6 Å². The molecule has 17 nitrogen and oxygen atoms in total. The van der Waals surface area contributed by atoms with Gasteiger partial charge in [0.2, 0.25) is 17.7 Å². The van der Waals surface area contributed by atoms with Crippen molar-refractivity contribution >= 4 is 35.0 Å². The van der Waals surface area contributed by atoms with Crippen LogP contribution in [0.3, 0.4) is 0 Å². The Balaban J connectivity index is 0.784. The van der Waals surface area contributed by atoms with Crippen LogP contribution < -0.4 is 20.3 Å². The van der Waals surface area contributed by atoms with Crippen LogP contribution in [0.15, 0.2) is 67.4 Å². The van der Waals surface area contributed by atoms with Crippen molar-refractivity contribution in [3.63, 3.8) is 0 Å². The number of nitrogens with one attached hydrogen (secondary N) is 2. The highest BCUT2D eigenvalue weighted by molar-refractivity contribution is 6.00. The lowest BCUT2D eigenvalue weighted by Gasteiger charge is -2.41. The SMILES string of the molecule is CCC1(C(=O)NC(C)C)CCN(c2ccc(-c3nc(-c4cnn(C5CCN(C(=O)CN6CCC(c7ccc(OC8CCC(=O)NC8=O)cc7)CC6)CC5)c4)cn4ncc(C#N)c34)cn2)CC1. The van der Waals surface area contributed by atoms with Gasteiger partial charge in [-0.25, -0.2) is 14.5 Å². The number of ether oxygens (including phenoxy) is 1. The monoisotopic (exact) mass is 894 g/mol. The highest BCUT2D eigenvalue weighted by Crippen LogP contribution is 2.38. The fourth-order valence-electron chi connectivity index (χ4n) is 10.0. The molecule has 0 radical (unpaired) electrons. The molecule has 66 heavy (non-hydrogen) atoms. The van der Waals surface area contributed by atoms with E-state index < -0.39 is 6.10 Å². The van der Waals surface area contributed by atoms with Crippen molar-refractivity contribution in [2.75, 3.05) is 50.7 Å². The van der Waals surface area contributed by atoms with Gasteiger partial charge >= 0.3 is 0 Å². The predicted octanol–water partition coefficient (Wildman–Crippen LogP) is 5.27. The quantitative estimate of drug-likeness (QED) is 0.154. The molecule has 2 N–H and O–H groups in total. The van der Waals surface area contributed by atoms with E-state index in [1.807, 2.05) is 66.3 Å². The van der Waals surface area contributed by atoms with Gasteiger partial charge in [-0.05, 0) is 108 Å². The van der Waals surface area contributed by atoms with Crippen molar-refractivity contribution in [2.24, 2.45) is 5.41 Å². The lowest BCUT2D eigenvalue weighted by molar-refractivity contribution is -0.139. The first-order chi connectivity index (χ1) is 32.0. The van der Waals surface area contributed by atoms with Crippen molar-refractivity contribution in [3.05, 3.63) is 78.5 Å². The Morgan fingerprint density at radius 3 is 2.33 bits per heavy atom. The Hall–Kier alpha value is -6.67. The number of benzene rings is 1. The number of aromatic nitrogens is 6. The van der Waals surface area contributed by atoms with Gasteiger partial charge in [0.15, 0.2) is 6.10 Å². The minimum absolute atomic E-state index is 0.105. The highest BCUT2D eigenvalue weighted by atomic mass is 16.5. The summed E-state index contributed by atoms with van der Waals surface area (Å²) in [6, 6.07) is 14.4. The number of carbonyl (C=O) groups is 4. The summed E-state index contributed by atoms with van der Waals surface area (Å²) in [6.07, 6.45) is 14.8.